The molecule has 6 nitrogen and oxygen atoms in total. The molecule has 2 unspecified atom stereocenters. The highest BCUT2D eigenvalue weighted by Crippen LogP contribution is 2.03. The van der Waals surface area contributed by atoms with E-state index in [1.807, 2.05) is 20.8 Å². The molecule has 0 saturated heterocycles. The first-order chi connectivity index (χ1) is 8.38. The maximum Gasteiger partial charge on any atom is 0.312 e. The number of rotatable bonds is 8. The molecule has 0 saturated carbocycles. The molecule has 6 heteroatoms. The number of carbonyl (C=O) groups is 2. The second-order valence-electron chi connectivity index (χ2n) is 4.85. The van der Waals surface area contributed by atoms with E-state index in [2.05, 4.69) is 16.0 Å². The Kier molecular flexibility index (Phi) is 8.11. The zero-order valence-corrected chi connectivity index (χ0v) is 11.7. The molecule has 18 heavy (non-hydrogen) atoms. The summed E-state index contributed by atoms with van der Waals surface area (Å²) in [6.07, 6.45) is 1.59. The Morgan fingerprint density at radius 2 is 1.83 bits per heavy atom. The Labute approximate surface area is 109 Å². The molecule has 0 spiro atoms. The van der Waals surface area contributed by atoms with Gasteiger partial charge in [-0.1, -0.05) is 13.8 Å². The summed E-state index contributed by atoms with van der Waals surface area (Å²) in [6.45, 7) is 6.49. The van der Waals surface area contributed by atoms with Crippen LogP contribution in [0.2, 0.25) is 0 Å². The largest absolute Gasteiger partial charge is 0.352 e. The average molecular weight is 258 g/mol. The molecule has 0 radical (unpaired) electrons. The summed E-state index contributed by atoms with van der Waals surface area (Å²) in [6, 6.07) is -0.597. The smallest absolute Gasteiger partial charge is 0.312 e. The Morgan fingerprint density at radius 3 is 2.28 bits per heavy atom. The molecule has 0 aliphatic rings. The molecule has 2 atom stereocenters. The van der Waals surface area contributed by atoms with Gasteiger partial charge in [0.25, 0.3) is 0 Å². The second-order valence-corrected chi connectivity index (χ2v) is 4.85. The maximum absolute atomic E-state index is 11.9. The molecule has 0 fully saturated rings. The predicted octanol–water partition coefficient (Wildman–Crippen LogP) is 0.184. The number of nitrogens with two attached hydrogens (primary N) is 1. The normalized spacial score (nSPS) is 14.1. The topological polar surface area (TPSA) is 96.2 Å². The number of likely N-dealkylation sites (N-methyl/N-ethyl adjacent to an activating group) is 1. The van der Waals surface area contributed by atoms with Crippen molar-refractivity contribution in [2.75, 3.05) is 13.6 Å². The van der Waals surface area contributed by atoms with Crippen LogP contribution in [-0.2, 0) is 4.79 Å². The summed E-state index contributed by atoms with van der Waals surface area (Å²) in [5.74, 6) is 0.265. The van der Waals surface area contributed by atoms with Crippen molar-refractivity contribution < 1.29 is 9.59 Å². The predicted molar refractivity (Wildman–Crippen MR) is 72.1 cm³/mol. The summed E-state index contributed by atoms with van der Waals surface area (Å²) in [7, 11) is 1.78. The van der Waals surface area contributed by atoms with Gasteiger partial charge in [-0.15, -0.1) is 0 Å². The van der Waals surface area contributed by atoms with Crippen LogP contribution in [0.15, 0.2) is 0 Å². The lowest BCUT2D eigenvalue weighted by Crippen LogP contribution is -2.48. The van der Waals surface area contributed by atoms with Gasteiger partial charge < -0.3 is 21.7 Å². The van der Waals surface area contributed by atoms with Crippen molar-refractivity contribution in [1.82, 2.24) is 16.0 Å². The SMILES string of the molecule is CNC(C(=O)NC(C)CCCNC(N)=O)C(C)C. The summed E-state index contributed by atoms with van der Waals surface area (Å²) in [4.78, 5) is 22.4. The van der Waals surface area contributed by atoms with Crippen molar-refractivity contribution in [3.8, 4) is 0 Å². The monoisotopic (exact) mass is 258 g/mol. The van der Waals surface area contributed by atoms with Gasteiger partial charge in [0.1, 0.15) is 0 Å². The molecular weight excluding hydrogens is 232 g/mol. The number of primary amides is 1. The molecule has 0 aromatic rings. The van der Waals surface area contributed by atoms with Crippen molar-refractivity contribution in [1.29, 1.82) is 0 Å². The third-order valence-electron chi connectivity index (χ3n) is 2.76. The molecule has 0 aliphatic heterocycles. The highest BCUT2D eigenvalue weighted by atomic mass is 16.2. The first-order valence-corrected chi connectivity index (χ1v) is 6.39. The van der Waals surface area contributed by atoms with Crippen molar-refractivity contribution in [2.45, 2.75) is 45.7 Å². The average Bonchev–Trinajstić information content (AvgIpc) is 2.24. The van der Waals surface area contributed by atoms with Gasteiger partial charge in [0, 0.05) is 12.6 Å². The van der Waals surface area contributed by atoms with Gasteiger partial charge in [-0.3, -0.25) is 4.79 Å². The lowest BCUT2D eigenvalue weighted by molar-refractivity contribution is -0.124. The molecule has 0 aliphatic carbocycles. The summed E-state index contributed by atoms with van der Waals surface area (Å²) in [5, 5.41) is 8.48. The number of hydrogen-bond donors (Lipinski definition) is 4. The lowest BCUT2D eigenvalue weighted by atomic mass is 10.0. The molecular formula is C12H26N4O2. The van der Waals surface area contributed by atoms with Crippen molar-refractivity contribution in [2.24, 2.45) is 11.7 Å². The molecule has 0 bridgehead atoms. The highest BCUT2D eigenvalue weighted by molar-refractivity contribution is 5.82. The third-order valence-corrected chi connectivity index (χ3v) is 2.76. The fraction of sp³-hybridized carbons (Fsp3) is 0.833. The third kappa shape index (κ3) is 7.11. The second kappa shape index (κ2) is 8.74. The van der Waals surface area contributed by atoms with Crippen LogP contribution in [0.25, 0.3) is 0 Å². The quantitative estimate of drug-likeness (QED) is 0.468. The van der Waals surface area contributed by atoms with Crippen LogP contribution in [0.3, 0.4) is 0 Å². The van der Waals surface area contributed by atoms with Gasteiger partial charge >= 0.3 is 6.03 Å². The van der Waals surface area contributed by atoms with E-state index < -0.39 is 6.03 Å². The van der Waals surface area contributed by atoms with Gasteiger partial charge in [-0.25, -0.2) is 4.79 Å². The van der Waals surface area contributed by atoms with E-state index in [4.69, 9.17) is 5.73 Å². The Hall–Kier alpha value is -1.30. The van der Waals surface area contributed by atoms with Gasteiger partial charge in [-0.2, -0.15) is 0 Å². The van der Waals surface area contributed by atoms with Crippen LogP contribution in [-0.4, -0.2) is 37.6 Å². The summed E-state index contributed by atoms with van der Waals surface area (Å²) in [5.41, 5.74) is 4.95. The number of nitrogens with one attached hydrogen (secondary N) is 3. The summed E-state index contributed by atoms with van der Waals surface area (Å²) >= 11 is 0. The van der Waals surface area contributed by atoms with Gasteiger partial charge in [0.15, 0.2) is 0 Å². The van der Waals surface area contributed by atoms with E-state index in [1.165, 1.54) is 0 Å². The number of carbonyl (C=O) groups excluding carboxylic acids is 2. The minimum Gasteiger partial charge on any atom is -0.352 e. The van der Waals surface area contributed by atoms with E-state index in [1.54, 1.807) is 7.05 Å². The molecule has 5 N–H and O–H groups in total. The van der Waals surface area contributed by atoms with Crippen LogP contribution >= 0.6 is 0 Å². The fourth-order valence-corrected chi connectivity index (χ4v) is 1.79. The van der Waals surface area contributed by atoms with Gasteiger partial charge in [-0.05, 0) is 32.7 Å². The fourth-order valence-electron chi connectivity index (χ4n) is 1.79. The molecule has 0 heterocycles. The first kappa shape index (κ1) is 16.7. The van der Waals surface area contributed by atoms with E-state index in [-0.39, 0.29) is 23.9 Å². The van der Waals surface area contributed by atoms with Crippen molar-refractivity contribution in [3.05, 3.63) is 0 Å². The minimum absolute atomic E-state index is 0.0165. The molecule has 106 valence electrons. The Bertz CT molecular complexity index is 269. The molecule has 0 rings (SSSR count). The first-order valence-electron chi connectivity index (χ1n) is 6.39. The van der Waals surface area contributed by atoms with Crippen LogP contribution in [0.1, 0.15) is 33.6 Å². The lowest BCUT2D eigenvalue weighted by Gasteiger charge is -2.22. The maximum atomic E-state index is 11.9. The van der Waals surface area contributed by atoms with E-state index in [0.717, 1.165) is 12.8 Å². The zero-order chi connectivity index (χ0) is 14.1. The molecule has 0 aromatic heterocycles. The number of hydrogen-bond acceptors (Lipinski definition) is 3. The van der Waals surface area contributed by atoms with E-state index in [9.17, 15) is 9.59 Å². The number of urea groups is 1. The standard InChI is InChI=1S/C12H26N4O2/c1-8(2)10(14-4)11(17)16-9(3)6-5-7-15-12(13)18/h8-10,14H,5-7H2,1-4H3,(H,16,17)(H3,13,15,18). The summed E-state index contributed by atoms with van der Waals surface area (Å²) < 4.78 is 0. The van der Waals surface area contributed by atoms with Crippen molar-refractivity contribution >= 4 is 11.9 Å². The molecule has 0 aromatic carbocycles. The van der Waals surface area contributed by atoms with Crippen molar-refractivity contribution in [3.63, 3.8) is 0 Å². The Balaban J connectivity index is 3.89. The van der Waals surface area contributed by atoms with Crippen LogP contribution in [0.4, 0.5) is 4.79 Å². The van der Waals surface area contributed by atoms with Crippen LogP contribution in [0, 0.1) is 5.92 Å². The van der Waals surface area contributed by atoms with Crippen LogP contribution < -0.4 is 21.7 Å². The minimum atomic E-state index is -0.512. The number of amides is 3. The molecule has 3 amide bonds. The Morgan fingerprint density at radius 1 is 1.22 bits per heavy atom. The zero-order valence-electron chi connectivity index (χ0n) is 11.7. The van der Waals surface area contributed by atoms with Gasteiger partial charge in [0.05, 0.1) is 6.04 Å². The van der Waals surface area contributed by atoms with E-state index in [0.29, 0.717) is 6.54 Å². The van der Waals surface area contributed by atoms with Gasteiger partial charge in [0.2, 0.25) is 5.91 Å². The van der Waals surface area contributed by atoms with Crippen LogP contribution in [0.5, 0.6) is 0 Å². The van der Waals surface area contributed by atoms with E-state index >= 15 is 0 Å². The highest BCUT2D eigenvalue weighted by Gasteiger charge is 2.20.